The number of ether oxygens (including phenoxy) is 1. The Morgan fingerprint density at radius 1 is 1.18 bits per heavy atom. The molecule has 0 aromatic rings. The Bertz CT molecular complexity index is 214. The van der Waals surface area contributed by atoms with Crippen molar-refractivity contribution in [3.8, 4) is 0 Å². The van der Waals surface area contributed by atoms with Crippen LogP contribution in [0.2, 0.25) is 0 Å². The van der Waals surface area contributed by atoms with Crippen LogP contribution >= 0.6 is 0 Å². The van der Waals surface area contributed by atoms with E-state index in [4.69, 9.17) is 4.74 Å². The molecule has 0 radical (unpaired) electrons. The summed E-state index contributed by atoms with van der Waals surface area (Å²) in [5, 5.41) is 9.40. The molecule has 1 aliphatic carbocycles. The third kappa shape index (κ3) is 5.07. The molecule has 0 aromatic carbocycles. The van der Waals surface area contributed by atoms with Crippen LogP contribution in [0.3, 0.4) is 0 Å². The van der Waals surface area contributed by atoms with Crippen LogP contribution in [-0.2, 0) is 9.53 Å². The number of aliphatic hydroxyl groups excluding tert-OH is 1. The van der Waals surface area contributed by atoms with Crippen molar-refractivity contribution in [3.63, 3.8) is 0 Å². The van der Waals surface area contributed by atoms with E-state index in [1.807, 2.05) is 0 Å². The molecule has 3 nitrogen and oxygen atoms in total. The van der Waals surface area contributed by atoms with Crippen LogP contribution in [0.5, 0.6) is 0 Å². The summed E-state index contributed by atoms with van der Waals surface area (Å²) in [7, 11) is 0. The molecule has 0 heterocycles. The quantitative estimate of drug-likeness (QED) is 0.728. The SMILES string of the molecule is CCCC(CCC)C(=O)OC1CCC(O)CC1. The summed E-state index contributed by atoms with van der Waals surface area (Å²) < 4.78 is 5.56. The van der Waals surface area contributed by atoms with Crippen LogP contribution in [0.4, 0.5) is 0 Å². The summed E-state index contributed by atoms with van der Waals surface area (Å²) in [4.78, 5) is 12.0. The van der Waals surface area contributed by atoms with Crippen molar-refractivity contribution in [2.45, 2.75) is 77.4 Å². The number of esters is 1. The molecule has 0 spiro atoms. The minimum absolute atomic E-state index is 0.0184. The van der Waals surface area contributed by atoms with Crippen molar-refractivity contribution < 1.29 is 14.6 Å². The number of carbonyl (C=O) groups is 1. The Kier molecular flexibility index (Phi) is 6.56. The lowest BCUT2D eigenvalue weighted by molar-refractivity contribution is -0.157. The van der Waals surface area contributed by atoms with E-state index in [-0.39, 0.29) is 24.1 Å². The lowest BCUT2D eigenvalue weighted by Crippen LogP contribution is -2.29. The minimum atomic E-state index is -0.188. The van der Waals surface area contributed by atoms with Crippen molar-refractivity contribution in [1.82, 2.24) is 0 Å². The maximum absolute atomic E-state index is 12.0. The van der Waals surface area contributed by atoms with Gasteiger partial charge in [-0.05, 0) is 38.5 Å². The van der Waals surface area contributed by atoms with Gasteiger partial charge < -0.3 is 9.84 Å². The summed E-state index contributed by atoms with van der Waals surface area (Å²) in [5.74, 6) is 0.0620. The van der Waals surface area contributed by atoms with E-state index in [1.165, 1.54) is 0 Å². The average molecular weight is 242 g/mol. The van der Waals surface area contributed by atoms with Crippen LogP contribution in [0, 0.1) is 5.92 Å². The molecule has 0 saturated heterocycles. The lowest BCUT2D eigenvalue weighted by atomic mass is 9.94. The highest BCUT2D eigenvalue weighted by Crippen LogP contribution is 2.24. The summed E-state index contributed by atoms with van der Waals surface area (Å²) in [6.45, 7) is 4.21. The van der Waals surface area contributed by atoms with Crippen molar-refractivity contribution in [3.05, 3.63) is 0 Å². The second kappa shape index (κ2) is 7.70. The molecule has 0 unspecified atom stereocenters. The van der Waals surface area contributed by atoms with E-state index in [0.717, 1.165) is 51.4 Å². The summed E-state index contributed by atoms with van der Waals surface area (Å²) in [5.41, 5.74) is 0. The predicted octanol–water partition coefficient (Wildman–Crippen LogP) is 3.05. The fourth-order valence-corrected chi connectivity index (χ4v) is 2.50. The second-order valence-corrected chi connectivity index (χ2v) is 5.14. The van der Waals surface area contributed by atoms with Gasteiger partial charge >= 0.3 is 5.97 Å². The topological polar surface area (TPSA) is 46.5 Å². The fourth-order valence-electron chi connectivity index (χ4n) is 2.50. The summed E-state index contributed by atoms with van der Waals surface area (Å²) in [6, 6.07) is 0. The van der Waals surface area contributed by atoms with E-state index in [2.05, 4.69) is 13.8 Å². The molecule has 0 aliphatic heterocycles. The van der Waals surface area contributed by atoms with Gasteiger partial charge in [-0.2, -0.15) is 0 Å². The molecule has 0 amide bonds. The molecule has 1 fully saturated rings. The van der Waals surface area contributed by atoms with E-state index >= 15 is 0 Å². The van der Waals surface area contributed by atoms with Gasteiger partial charge in [-0.1, -0.05) is 26.7 Å². The molecule has 3 heteroatoms. The van der Waals surface area contributed by atoms with Crippen LogP contribution in [0.15, 0.2) is 0 Å². The lowest BCUT2D eigenvalue weighted by Gasteiger charge is -2.27. The van der Waals surface area contributed by atoms with Gasteiger partial charge in [0.25, 0.3) is 0 Å². The predicted molar refractivity (Wildman–Crippen MR) is 67.7 cm³/mol. The Morgan fingerprint density at radius 3 is 2.18 bits per heavy atom. The molecule has 1 aliphatic rings. The number of rotatable bonds is 6. The number of aliphatic hydroxyl groups is 1. The molecule has 0 bridgehead atoms. The largest absolute Gasteiger partial charge is 0.462 e. The Hall–Kier alpha value is -0.570. The molecule has 0 aromatic heterocycles. The molecule has 0 atom stereocenters. The first kappa shape index (κ1) is 14.5. The maximum Gasteiger partial charge on any atom is 0.309 e. The summed E-state index contributed by atoms with van der Waals surface area (Å²) in [6.07, 6.45) is 6.95. The van der Waals surface area contributed by atoms with Gasteiger partial charge in [0.15, 0.2) is 0 Å². The highest BCUT2D eigenvalue weighted by molar-refractivity contribution is 5.72. The maximum atomic E-state index is 12.0. The summed E-state index contributed by atoms with van der Waals surface area (Å²) >= 11 is 0. The van der Waals surface area contributed by atoms with Crippen molar-refractivity contribution in [2.24, 2.45) is 5.92 Å². The molecule has 1 rings (SSSR count). The zero-order valence-corrected chi connectivity index (χ0v) is 11.2. The molecule has 100 valence electrons. The van der Waals surface area contributed by atoms with Gasteiger partial charge in [0.2, 0.25) is 0 Å². The Morgan fingerprint density at radius 2 is 1.71 bits per heavy atom. The van der Waals surface area contributed by atoms with Crippen LogP contribution in [0.1, 0.15) is 65.2 Å². The average Bonchev–Trinajstić information content (AvgIpc) is 2.32. The van der Waals surface area contributed by atoms with Gasteiger partial charge in [-0.25, -0.2) is 0 Å². The highest BCUT2D eigenvalue weighted by Gasteiger charge is 2.25. The van der Waals surface area contributed by atoms with E-state index in [0.29, 0.717) is 0 Å². The second-order valence-electron chi connectivity index (χ2n) is 5.14. The van der Waals surface area contributed by atoms with Gasteiger partial charge in [0, 0.05) is 0 Å². The van der Waals surface area contributed by atoms with Crippen molar-refractivity contribution in [1.29, 1.82) is 0 Å². The smallest absolute Gasteiger partial charge is 0.309 e. The van der Waals surface area contributed by atoms with E-state index < -0.39 is 0 Å². The van der Waals surface area contributed by atoms with Gasteiger partial charge in [0.1, 0.15) is 6.10 Å². The first-order chi connectivity index (χ1) is 8.17. The third-order valence-corrected chi connectivity index (χ3v) is 3.53. The Labute approximate surface area is 105 Å². The standard InChI is InChI=1S/C14H26O3/c1-3-5-11(6-4-2)14(16)17-13-9-7-12(15)8-10-13/h11-13,15H,3-10H2,1-2H3. The fraction of sp³-hybridized carbons (Fsp3) is 0.929. The van der Waals surface area contributed by atoms with Crippen molar-refractivity contribution in [2.75, 3.05) is 0 Å². The van der Waals surface area contributed by atoms with Crippen LogP contribution < -0.4 is 0 Å². The number of hydrogen-bond acceptors (Lipinski definition) is 3. The van der Waals surface area contributed by atoms with Gasteiger partial charge in [0.05, 0.1) is 12.0 Å². The van der Waals surface area contributed by atoms with Crippen molar-refractivity contribution >= 4 is 5.97 Å². The number of carbonyl (C=O) groups excluding carboxylic acids is 1. The number of hydrogen-bond donors (Lipinski definition) is 1. The minimum Gasteiger partial charge on any atom is -0.462 e. The van der Waals surface area contributed by atoms with Crippen LogP contribution in [-0.4, -0.2) is 23.3 Å². The highest BCUT2D eigenvalue weighted by atomic mass is 16.5. The molecule has 1 N–H and O–H groups in total. The molecule has 17 heavy (non-hydrogen) atoms. The molecular formula is C14H26O3. The van der Waals surface area contributed by atoms with Crippen LogP contribution in [0.25, 0.3) is 0 Å². The first-order valence-corrected chi connectivity index (χ1v) is 7.05. The normalized spacial score (nSPS) is 24.9. The Balaban J connectivity index is 2.35. The monoisotopic (exact) mass is 242 g/mol. The zero-order valence-electron chi connectivity index (χ0n) is 11.2. The first-order valence-electron chi connectivity index (χ1n) is 7.05. The molecular weight excluding hydrogens is 216 g/mol. The zero-order chi connectivity index (χ0) is 12.7. The van der Waals surface area contributed by atoms with E-state index in [9.17, 15) is 9.90 Å². The molecule has 1 saturated carbocycles. The van der Waals surface area contributed by atoms with Gasteiger partial charge in [-0.3, -0.25) is 4.79 Å². The third-order valence-electron chi connectivity index (χ3n) is 3.53. The van der Waals surface area contributed by atoms with E-state index in [1.54, 1.807) is 0 Å². The van der Waals surface area contributed by atoms with Gasteiger partial charge in [-0.15, -0.1) is 0 Å².